The summed E-state index contributed by atoms with van der Waals surface area (Å²) in [6.07, 6.45) is -0.620. The number of carbonyl (C=O) groups is 1. The summed E-state index contributed by atoms with van der Waals surface area (Å²) in [4.78, 5) is 21.3. The van der Waals surface area contributed by atoms with Gasteiger partial charge in [-0.15, -0.1) is 0 Å². The number of alkyl carbamates (subject to hydrolysis) is 1. The zero-order valence-corrected chi connectivity index (χ0v) is 11.0. The molecule has 1 amide bonds. The monoisotopic (exact) mass is 268 g/mol. The first-order chi connectivity index (χ1) is 8.69. The van der Waals surface area contributed by atoms with E-state index in [2.05, 4.69) is 5.32 Å². The second kappa shape index (κ2) is 5.55. The number of ether oxygens (including phenoxy) is 1. The van der Waals surface area contributed by atoms with Crippen LogP contribution in [0.25, 0.3) is 0 Å². The summed E-state index contributed by atoms with van der Waals surface area (Å²) in [5.74, 6) is -0.245. The largest absolute Gasteiger partial charge is 0.507 e. The number of nitro benzene ring substituents is 1. The number of nitro groups is 1. The predicted molar refractivity (Wildman–Crippen MR) is 67.8 cm³/mol. The minimum atomic E-state index is -0.620. The van der Waals surface area contributed by atoms with Gasteiger partial charge in [-0.3, -0.25) is 10.1 Å². The summed E-state index contributed by atoms with van der Waals surface area (Å²) < 4.78 is 5.02. The lowest BCUT2D eigenvalue weighted by atomic mass is 10.2. The molecule has 0 atom stereocenters. The summed E-state index contributed by atoms with van der Waals surface area (Å²) in [6, 6.07) is 3.67. The molecule has 7 nitrogen and oxygen atoms in total. The molecule has 1 rings (SSSR count). The number of non-ortho nitro benzene ring substituents is 1. The minimum absolute atomic E-state index is 0.0265. The molecule has 0 spiro atoms. The molecule has 0 aliphatic rings. The number of phenolic OH excluding ortho intramolecular Hbond substituents is 1. The Labute approximate surface area is 110 Å². The molecule has 1 aromatic rings. The zero-order valence-electron chi connectivity index (χ0n) is 11.0. The summed E-state index contributed by atoms with van der Waals surface area (Å²) in [5.41, 5.74) is -0.448. The molecule has 0 aliphatic carbocycles. The molecule has 0 unspecified atom stereocenters. The molecule has 0 saturated carbocycles. The molecule has 0 bridgehead atoms. The van der Waals surface area contributed by atoms with E-state index >= 15 is 0 Å². The Morgan fingerprint density at radius 3 is 2.58 bits per heavy atom. The highest BCUT2D eigenvalue weighted by Crippen LogP contribution is 2.23. The molecule has 0 heterocycles. The predicted octanol–water partition coefficient (Wildman–Crippen LogP) is 2.33. The normalized spacial score (nSPS) is 10.9. The van der Waals surface area contributed by atoms with Gasteiger partial charge in [-0.05, 0) is 26.8 Å². The Bertz CT molecular complexity index is 493. The maximum Gasteiger partial charge on any atom is 0.407 e. The van der Waals surface area contributed by atoms with E-state index in [-0.39, 0.29) is 18.0 Å². The van der Waals surface area contributed by atoms with Crippen molar-refractivity contribution in [1.29, 1.82) is 0 Å². The molecule has 0 radical (unpaired) electrons. The number of amides is 1. The molecule has 0 saturated heterocycles. The van der Waals surface area contributed by atoms with Crippen LogP contribution in [0.5, 0.6) is 5.75 Å². The Balaban J connectivity index is 2.64. The highest BCUT2D eigenvalue weighted by Gasteiger charge is 2.16. The minimum Gasteiger partial charge on any atom is -0.507 e. The molecule has 0 aromatic heterocycles. The van der Waals surface area contributed by atoms with Crippen molar-refractivity contribution in [3.8, 4) is 5.75 Å². The van der Waals surface area contributed by atoms with Crippen molar-refractivity contribution in [2.75, 3.05) is 0 Å². The number of carbonyl (C=O) groups excluding carboxylic acids is 1. The summed E-state index contributed by atoms with van der Waals surface area (Å²) in [6.45, 7) is 5.22. The third kappa shape index (κ3) is 4.82. The van der Waals surface area contributed by atoms with Crippen LogP contribution >= 0.6 is 0 Å². The van der Waals surface area contributed by atoms with Gasteiger partial charge in [0, 0.05) is 18.2 Å². The van der Waals surface area contributed by atoms with Gasteiger partial charge in [0.25, 0.3) is 5.69 Å². The quantitative estimate of drug-likeness (QED) is 0.647. The second-order valence-corrected chi connectivity index (χ2v) is 4.93. The van der Waals surface area contributed by atoms with Crippen LogP contribution in [-0.2, 0) is 11.3 Å². The standard InChI is InChI=1S/C12H16N2O5/c1-12(2,3)19-11(16)13-7-8-4-5-9(14(17)18)6-10(8)15/h4-6,15H,7H2,1-3H3,(H,13,16). The van der Waals surface area contributed by atoms with Crippen LogP contribution in [0.2, 0.25) is 0 Å². The van der Waals surface area contributed by atoms with Crippen LogP contribution in [0, 0.1) is 10.1 Å². The number of hydrogen-bond donors (Lipinski definition) is 2. The van der Waals surface area contributed by atoms with Gasteiger partial charge in [0.15, 0.2) is 0 Å². The zero-order chi connectivity index (χ0) is 14.6. The van der Waals surface area contributed by atoms with Crippen LogP contribution in [-0.4, -0.2) is 21.7 Å². The van der Waals surface area contributed by atoms with Crippen molar-refractivity contribution < 1.29 is 19.6 Å². The fraction of sp³-hybridized carbons (Fsp3) is 0.417. The summed E-state index contributed by atoms with van der Waals surface area (Å²) in [7, 11) is 0. The van der Waals surface area contributed by atoms with E-state index in [0.717, 1.165) is 6.07 Å². The Kier molecular flexibility index (Phi) is 4.31. The highest BCUT2D eigenvalue weighted by molar-refractivity contribution is 5.67. The second-order valence-electron chi connectivity index (χ2n) is 4.93. The average Bonchev–Trinajstić information content (AvgIpc) is 2.24. The van der Waals surface area contributed by atoms with Crippen molar-refractivity contribution in [2.45, 2.75) is 32.9 Å². The number of hydrogen-bond acceptors (Lipinski definition) is 5. The molecule has 19 heavy (non-hydrogen) atoms. The molecule has 2 N–H and O–H groups in total. The van der Waals surface area contributed by atoms with E-state index in [1.807, 2.05) is 0 Å². The van der Waals surface area contributed by atoms with E-state index in [1.54, 1.807) is 20.8 Å². The van der Waals surface area contributed by atoms with Crippen molar-refractivity contribution in [2.24, 2.45) is 0 Å². The summed E-state index contributed by atoms with van der Waals surface area (Å²) >= 11 is 0. The van der Waals surface area contributed by atoms with Gasteiger partial charge < -0.3 is 15.2 Å². The first-order valence-corrected chi connectivity index (χ1v) is 5.62. The van der Waals surface area contributed by atoms with E-state index < -0.39 is 16.6 Å². The van der Waals surface area contributed by atoms with Gasteiger partial charge in [-0.25, -0.2) is 4.79 Å². The average molecular weight is 268 g/mol. The lowest BCUT2D eigenvalue weighted by molar-refractivity contribution is -0.384. The molecule has 0 aliphatic heterocycles. The van der Waals surface area contributed by atoms with Crippen LogP contribution in [0.3, 0.4) is 0 Å². The molecule has 104 valence electrons. The number of benzene rings is 1. The highest BCUT2D eigenvalue weighted by atomic mass is 16.6. The van der Waals surface area contributed by atoms with Gasteiger partial charge in [0.1, 0.15) is 11.4 Å². The number of rotatable bonds is 3. The fourth-order valence-electron chi connectivity index (χ4n) is 1.30. The van der Waals surface area contributed by atoms with Gasteiger partial charge in [0.05, 0.1) is 11.0 Å². The topological polar surface area (TPSA) is 102 Å². The maximum absolute atomic E-state index is 11.4. The van der Waals surface area contributed by atoms with Gasteiger partial charge in [-0.2, -0.15) is 0 Å². The van der Waals surface area contributed by atoms with Crippen LogP contribution in [0.1, 0.15) is 26.3 Å². The Morgan fingerprint density at radius 1 is 1.47 bits per heavy atom. The van der Waals surface area contributed by atoms with Crippen LogP contribution < -0.4 is 5.32 Å². The maximum atomic E-state index is 11.4. The third-order valence-corrected chi connectivity index (χ3v) is 2.10. The van der Waals surface area contributed by atoms with Gasteiger partial charge >= 0.3 is 6.09 Å². The van der Waals surface area contributed by atoms with E-state index in [1.165, 1.54) is 12.1 Å². The van der Waals surface area contributed by atoms with Gasteiger partial charge in [0.2, 0.25) is 0 Å². The third-order valence-electron chi connectivity index (χ3n) is 2.10. The van der Waals surface area contributed by atoms with Crippen molar-refractivity contribution in [3.05, 3.63) is 33.9 Å². The van der Waals surface area contributed by atoms with Gasteiger partial charge in [-0.1, -0.05) is 0 Å². The van der Waals surface area contributed by atoms with Crippen molar-refractivity contribution in [1.82, 2.24) is 5.32 Å². The van der Waals surface area contributed by atoms with Crippen molar-refractivity contribution >= 4 is 11.8 Å². The Hall–Kier alpha value is -2.31. The molecule has 0 fully saturated rings. The lowest BCUT2D eigenvalue weighted by Crippen LogP contribution is -2.32. The number of nitrogens with zero attached hydrogens (tertiary/aromatic N) is 1. The van der Waals surface area contributed by atoms with E-state index in [4.69, 9.17) is 4.74 Å². The smallest absolute Gasteiger partial charge is 0.407 e. The van der Waals surface area contributed by atoms with Crippen molar-refractivity contribution in [3.63, 3.8) is 0 Å². The lowest BCUT2D eigenvalue weighted by Gasteiger charge is -2.19. The fourth-order valence-corrected chi connectivity index (χ4v) is 1.30. The number of aromatic hydroxyl groups is 1. The molecule has 7 heteroatoms. The molecular formula is C12H16N2O5. The first kappa shape index (κ1) is 14.7. The molecular weight excluding hydrogens is 252 g/mol. The molecule has 1 aromatic carbocycles. The summed E-state index contributed by atoms with van der Waals surface area (Å²) in [5, 5.41) is 22.5. The van der Waals surface area contributed by atoms with E-state index in [0.29, 0.717) is 5.56 Å². The SMILES string of the molecule is CC(C)(C)OC(=O)NCc1ccc([N+](=O)[O-])cc1O. The van der Waals surface area contributed by atoms with E-state index in [9.17, 15) is 20.0 Å². The van der Waals surface area contributed by atoms with Crippen LogP contribution in [0.15, 0.2) is 18.2 Å². The first-order valence-electron chi connectivity index (χ1n) is 5.62. The number of phenols is 1. The van der Waals surface area contributed by atoms with Crippen LogP contribution in [0.4, 0.5) is 10.5 Å². The Morgan fingerprint density at radius 2 is 2.11 bits per heavy atom. The number of nitrogens with one attached hydrogen (secondary N) is 1.